The first-order chi connectivity index (χ1) is 18.9. The number of nitrogens with zero attached hydrogens (tertiary/aromatic N) is 5. The average Bonchev–Trinajstić information content (AvgIpc) is 3.56. The molecule has 0 aliphatic heterocycles. The number of nitrogens with one attached hydrogen (secondary N) is 1. The van der Waals surface area contributed by atoms with Crippen LogP contribution in [-0.2, 0) is 25.7 Å². The summed E-state index contributed by atoms with van der Waals surface area (Å²) in [5.74, 6) is 0.645. The number of rotatable bonds is 9. The Kier molecular flexibility index (Phi) is 7.99. The average molecular weight is 539 g/mol. The van der Waals surface area contributed by atoms with Gasteiger partial charge in [-0.2, -0.15) is 13.2 Å². The van der Waals surface area contributed by atoms with Gasteiger partial charge < -0.3 is 0 Å². The second kappa shape index (κ2) is 11.6. The molecule has 10 heteroatoms. The van der Waals surface area contributed by atoms with Gasteiger partial charge in [0.2, 0.25) is 0 Å². The Hall–Kier alpha value is -3.69. The van der Waals surface area contributed by atoms with E-state index in [-0.39, 0.29) is 31.1 Å². The van der Waals surface area contributed by atoms with E-state index in [4.69, 9.17) is 0 Å². The Bertz CT molecular complexity index is 1430. The van der Waals surface area contributed by atoms with Crippen LogP contribution in [0.2, 0.25) is 0 Å². The lowest BCUT2D eigenvalue weighted by atomic mass is 9.89. The third-order valence-electron chi connectivity index (χ3n) is 7.67. The van der Waals surface area contributed by atoms with Crippen LogP contribution in [0.5, 0.6) is 0 Å². The predicted octanol–water partition coefficient (Wildman–Crippen LogP) is 6.49. The van der Waals surface area contributed by atoms with Crippen molar-refractivity contribution in [1.82, 2.24) is 29.8 Å². The number of aromatic nitrogens is 6. The summed E-state index contributed by atoms with van der Waals surface area (Å²) in [6, 6.07) is 15.3. The molecule has 2 aromatic carbocycles. The quantitative estimate of drug-likeness (QED) is 0.264. The summed E-state index contributed by atoms with van der Waals surface area (Å²) in [4.78, 5) is 13.6. The van der Waals surface area contributed by atoms with E-state index in [0.29, 0.717) is 12.2 Å². The molecule has 5 rings (SSSR count). The molecule has 1 N–H and O–H groups in total. The van der Waals surface area contributed by atoms with Crippen LogP contribution in [0.25, 0.3) is 22.5 Å². The molecule has 4 aromatic rings. The molecule has 2 heterocycles. The highest BCUT2D eigenvalue weighted by molar-refractivity contribution is 5.80. The van der Waals surface area contributed by atoms with Gasteiger partial charge in [0.1, 0.15) is 5.69 Å². The van der Waals surface area contributed by atoms with Crippen molar-refractivity contribution in [3.63, 3.8) is 0 Å². The zero-order chi connectivity index (χ0) is 27.4. The number of benzene rings is 2. The molecule has 39 heavy (non-hydrogen) atoms. The summed E-state index contributed by atoms with van der Waals surface area (Å²) in [5.41, 5.74) is 2.20. The zero-order valence-electron chi connectivity index (χ0n) is 22.0. The maximum Gasteiger partial charge on any atom is 0.433 e. The molecule has 0 atom stereocenters. The fourth-order valence-electron chi connectivity index (χ4n) is 5.70. The van der Waals surface area contributed by atoms with E-state index < -0.39 is 17.6 Å². The maximum atomic E-state index is 14.4. The molecule has 1 saturated carbocycles. The van der Waals surface area contributed by atoms with E-state index >= 15 is 0 Å². The highest BCUT2D eigenvalue weighted by Gasteiger charge is 2.40. The normalized spacial score (nSPS) is 14.7. The monoisotopic (exact) mass is 538 g/mol. The predicted molar refractivity (Wildman–Crippen MR) is 143 cm³/mol. The molecular formula is C29H33F3N6O. The van der Waals surface area contributed by atoms with Gasteiger partial charge in [-0.15, -0.1) is 5.10 Å². The molecule has 0 bridgehead atoms. The van der Waals surface area contributed by atoms with E-state index in [2.05, 4.69) is 20.6 Å². The summed E-state index contributed by atoms with van der Waals surface area (Å²) in [7, 11) is 0. The van der Waals surface area contributed by atoms with Gasteiger partial charge in [0, 0.05) is 12.1 Å². The van der Waals surface area contributed by atoms with Crippen LogP contribution in [0.15, 0.2) is 53.3 Å². The van der Waals surface area contributed by atoms with Crippen LogP contribution in [0.1, 0.15) is 68.8 Å². The van der Waals surface area contributed by atoms with Crippen molar-refractivity contribution < 1.29 is 13.2 Å². The van der Waals surface area contributed by atoms with Gasteiger partial charge in [0.25, 0.3) is 0 Å². The molecule has 1 aliphatic carbocycles. The summed E-state index contributed by atoms with van der Waals surface area (Å²) < 4.78 is 45.7. The molecule has 1 aliphatic rings. The Balaban J connectivity index is 1.49. The number of alkyl halides is 3. The van der Waals surface area contributed by atoms with Gasteiger partial charge >= 0.3 is 11.9 Å². The second-order valence-corrected chi connectivity index (χ2v) is 10.4. The van der Waals surface area contributed by atoms with Crippen molar-refractivity contribution in [2.45, 2.75) is 77.6 Å². The SMILES string of the molecule is CCCCc1c(C(F)(F)F)n(CC2CCCCC2)c(=O)n1Cc1ccc(-c2ccccc2-c2nnn[nH]2)cc1. The number of unbranched alkanes of at least 4 members (excludes halogenated alkanes) is 1. The van der Waals surface area contributed by atoms with Crippen molar-refractivity contribution in [3.05, 3.63) is 76.0 Å². The number of halogens is 3. The fraction of sp³-hybridized carbons (Fsp3) is 0.448. The van der Waals surface area contributed by atoms with Crippen LogP contribution < -0.4 is 5.69 Å². The summed E-state index contributed by atoms with van der Waals surface area (Å²) in [5, 5.41) is 14.1. The molecule has 206 valence electrons. The van der Waals surface area contributed by atoms with Crippen molar-refractivity contribution in [1.29, 1.82) is 0 Å². The van der Waals surface area contributed by atoms with E-state index in [1.807, 2.05) is 55.5 Å². The number of H-pyrrole nitrogens is 1. The Morgan fingerprint density at radius 3 is 2.33 bits per heavy atom. The molecule has 0 unspecified atom stereocenters. The first-order valence-electron chi connectivity index (χ1n) is 13.7. The van der Waals surface area contributed by atoms with Gasteiger partial charge in [0.15, 0.2) is 5.82 Å². The van der Waals surface area contributed by atoms with Crippen molar-refractivity contribution >= 4 is 0 Å². The fourth-order valence-corrected chi connectivity index (χ4v) is 5.70. The number of hydrogen-bond donors (Lipinski definition) is 1. The number of aromatic amines is 1. The smallest absolute Gasteiger partial charge is 0.291 e. The maximum absolute atomic E-state index is 14.4. The molecule has 0 spiro atoms. The Morgan fingerprint density at radius 2 is 1.69 bits per heavy atom. The lowest BCUT2D eigenvalue weighted by Crippen LogP contribution is -2.30. The van der Waals surface area contributed by atoms with Crippen LogP contribution >= 0.6 is 0 Å². The van der Waals surface area contributed by atoms with E-state index in [1.165, 1.54) is 4.57 Å². The molecule has 0 saturated heterocycles. The molecule has 2 aromatic heterocycles. The van der Waals surface area contributed by atoms with E-state index in [1.54, 1.807) is 0 Å². The van der Waals surface area contributed by atoms with Crippen molar-refractivity contribution in [2.75, 3.05) is 0 Å². The summed E-state index contributed by atoms with van der Waals surface area (Å²) in [6.07, 6.45) is 1.81. The van der Waals surface area contributed by atoms with Gasteiger partial charge in [0.05, 0.1) is 12.2 Å². The van der Waals surface area contributed by atoms with Gasteiger partial charge in [-0.25, -0.2) is 9.89 Å². The minimum absolute atomic E-state index is 0.0899. The molecule has 1 fully saturated rings. The van der Waals surface area contributed by atoms with Gasteiger partial charge in [-0.3, -0.25) is 9.13 Å². The Morgan fingerprint density at radius 1 is 0.974 bits per heavy atom. The standard InChI is InChI=1S/C29H33F3N6O/c1-2-3-13-25-26(29(30,31)32)38(19-20-9-5-4-6-10-20)28(39)37(25)18-21-14-16-22(17-15-21)23-11-7-8-12-24(23)27-33-35-36-34-27/h7-8,11-12,14-17,20H,2-6,9-10,13,18-19H2,1H3,(H,33,34,35,36). The van der Waals surface area contributed by atoms with Crippen molar-refractivity contribution in [2.24, 2.45) is 5.92 Å². The molecule has 0 amide bonds. The number of hydrogen-bond acceptors (Lipinski definition) is 4. The molecule has 7 nitrogen and oxygen atoms in total. The largest absolute Gasteiger partial charge is 0.433 e. The Labute approximate surface area is 225 Å². The van der Waals surface area contributed by atoms with Crippen LogP contribution in [0, 0.1) is 5.92 Å². The van der Waals surface area contributed by atoms with Gasteiger partial charge in [-0.05, 0) is 58.7 Å². The lowest BCUT2D eigenvalue weighted by Gasteiger charge is -2.23. The summed E-state index contributed by atoms with van der Waals surface area (Å²) in [6.45, 7) is 2.17. The number of imidazole rings is 1. The molecular weight excluding hydrogens is 505 g/mol. The minimum Gasteiger partial charge on any atom is -0.291 e. The van der Waals surface area contributed by atoms with Crippen LogP contribution in [-0.4, -0.2) is 29.8 Å². The zero-order valence-corrected chi connectivity index (χ0v) is 22.0. The van der Waals surface area contributed by atoms with Crippen LogP contribution in [0.4, 0.5) is 13.2 Å². The highest BCUT2D eigenvalue weighted by atomic mass is 19.4. The lowest BCUT2D eigenvalue weighted by molar-refractivity contribution is -0.144. The summed E-state index contributed by atoms with van der Waals surface area (Å²) >= 11 is 0. The minimum atomic E-state index is -4.59. The third kappa shape index (κ3) is 5.84. The second-order valence-electron chi connectivity index (χ2n) is 10.4. The third-order valence-corrected chi connectivity index (χ3v) is 7.67. The highest BCUT2D eigenvalue weighted by Crippen LogP contribution is 2.35. The van der Waals surface area contributed by atoms with Crippen molar-refractivity contribution in [3.8, 4) is 22.5 Å². The first kappa shape index (κ1) is 26.9. The first-order valence-corrected chi connectivity index (χ1v) is 13.7. The molecule has 0 radical (unpaired) electrons. The van der Waals surface area contributed by atoms with Crippen LogP contribution in [0.3, 0.4) is 0 Å². The number of tetrazole rings is 1. The van der Waals surface area contributed by atoms with E-state index in [0.717, 1.165) is 65.3 Å². The van der Waals surface area contributed by atoms with Gasteiger partial charge in [-0.1, -0.05) is 81.1 Å². The topological polar surface area (TPSA) is 81.4 Å². The van der Waals surface area contributed by atoms with E-state index in [9.17, 15) is 18.0 Å².